The molecule has 4 N–H and O–H groups in total. The summed E-state index contributed by atoms with van der Waals surface area (Å²) in [7, 11) is 0. The first-order valence-electron chi connectivity index (χ1n) is 11.5. The van der Waals surface area contributed by atoms with Gasteiger partial charge >= 0.3 is 17.9 Å². The maximum Gasteiger partial charge on any atom is 0.317 e. The minimum Gasteiger partial charge on any atom is -0.480 e. The Balaban J connectivity index is 2.04. The highest BCUT2D eigenvalue weighted by molar-refractivity contribution is 5.92. The predicted molar refractivity (Wildman–Crippen MR) is 125 cm³/mol. The van der Waals surface area contributed by atoms with E-state index in [4.69, 9.17) is 0 Å². The number of rotatable bonds is 10. The molecule has 2 heterocycles. The zero-order valence-corrected chi connectivity index (χ0v) is 19.7. The van der Waals surface area contributed by atoms with E-state index in [2.05, 4.69) is 15.2 Å². The van der Waals surface area contributed by atoms with Gasteiger partial charge in [0.2, 0.25) is 0 Å². The Bertz CT molecular complexity index is 809. The van der Waals surface area contributed by atoms with Crippen molar-refractivity contribution in [3.05, 3.63) is 30.1 Å². The van der Waals surface area contributed by atoms with E-state index in [0.29, 0.717) is 71.1 Å². The van der Waals surface area contributed by atoms with Crippen molar-refractivity contribution in [2.45, 2.75) is 0 Å². The van der Waals surface area contributed by atoms with E-state index in [-0.39, 0.29) is 25.5 Å². The molecule has 0 atom stereocenters. The number of hydrogen-bond acceptors (Lipinski definition) is 9. The fourth-order valence-electron chi connectivity index (χ4n) is 3.77. The summed E-state index contributed by atoms with van der Waals surface area (Å²) in [5.41, 5.74) is 0.312. The topological polar surface area (TPSA) is 167 Å². The van der Waals surface area contributed by atoms with E-state index in [1.807, 2.05) is 0 Å². The van der Waals surface area contributed by atoms with Gasteiger partial charge in [-0.3, -0.25) is 43.8 Å². The van der Waals surface area contributed by atoms with Gasteiger partial charge in [0.25, 0.3) is 5.91 Å². The van der Waals surface area contributed by atoms with Gasteiger partial charge in [-0.2, -0.15) is 0 Å². The van der Waals surface area contributed by atoms with Gasteiger partial charge < -0.3 is 20.6 Å². The molecule has 1 fully saturated rings. The molecule has 1 aromatic heterocycles. The van der Waals surface area contributed by atoms with Crippen LogP contribution < -0.4 is 5.32 Å². The molecule has 0 unspecified atom stereocenters. The number of carboxylic acids is 3. The normalized spacial score (nSPS) is 17.7. The maximum atomic E-state index is 12.3. The van der Waals surface area contributed by atoms with Gasteiger partial charge in [-0.1, -0.05) is 6.07 Å². The van der Waals surface area contributed by atoms with Crippen LogP contribution in [0.25, 0.3) is 0 Å². The molecule has 0 spiro atoms. The summed E-state index contributed by atoms with van der Waals surface area (Å²) in [6.45, 7) is 3.59. The molecule has 1 aliphatic rings. The quantitative estimate of drug-likeness (QED) is 0.291. The molecule has 0 saturated carbocycles. The van der Waals surface area contributed by atoms with Crippen LogP contribution in [0.3, 0.4) is 0 Å². The number of amides is 1. The van der Waals surface area contributed by atoms with Crippen molar-refractivity contribution in [1.82, 2.24) is 29.9 Å². The number of carbonyl (C=O) groups excluding carboxylic acids is 1. The molecule has 0 radical (unpaired) electrons. The largest absolute Gasteiger partial charge is 0.480 e. The van der Waals surface area contributed by atoms with Crippen LogP contribution in [0.2, 0.25) is 0 Å². The van der Waals surface area contributed by atoms with Gasteiger partial charge in [-0.05, 0) is 12.1 Å². The number of nitrogens with zero attached hydrogens (tertiary/aromatic N) is 5. The highest BCUT2D eigenvalue weighted by Gasteiger charge is 2.20. The number of carbonyl (C=O) groups is 4. The molecular weight excluding hydrogens is 460 g/mol. The van der Waals surface area contributed by atoms with Crippen molar-refractivity contribution in [1.29, 1.82) is 0 Å². The standard InChI is InChI=1S/C22H34N6O7/c29-19(30)15-26-9-7-25(6-5-24-22(35)18-3-1-2-4-23-18)8-10-27(16-20(31)32)12-14-28(13-11-26)17-21(33)34/h1-4H,5-17H2,(H,24,35)(H,29,30)(H,31,32)(H,33,34). The fraction of sp³-hybridized carbons (Fsp3) is 0.591. The molecule has 1 saturated heterocycles. The van der Waals surface area contributed by atoms with E-state index in [9.17, 15) is 34.5 Å². The van der Waals surface area contributed by atoms with Gasteiger partial charge in [-0.25, -0.2) is 0 Å². The lowest BCUT2D eigenvalue weighted by Gasteiger charge is -2.33. The van der Waals surface area contributed by atoms with Crippen LogP contribution in [0.5, 0.6) is 0 Å². The molecule has 1 amide bonds. The first kappa shape index (κ1) is 28.1. The highest BCUT2D eigenvalue weighted by atomic mass is 16.4. The molecule has 35 heavy (non-hydrogen) atoms. The van der Waals surface area contributed by atoms with E-state index in [1.54, 1.807) is 32.9 Å². The maximum absolute atomic E-state index is 12.3. The summed E-state index contributed by atoms with van der Waals surface area (Å²) < 4.78 is 0. The second-order valence-corrected chi connectivity index (χ2v) is 8.32. The Labute approximate surface area is 203 Å². The number of nitrogens with one attached hydrogen (secondary N) is 1. The number of carboxylic acid groups (broad SMARTS) is 3. The Morgan fingerprint density at radius 3 is 1.51 bits per heavy atom. The predicted octanol–water partition coefficient (Wildman–Crippen LogP) is -1.71. The molecule has 0 aliphatic carbocycles. The van der Waals surface area contributed by atoms with E-state index >= 15 is 0 Å². The Hall–Kier alpha value is -3.13. The van der Waals surface area contributed by atoms with Crippen molar-refractivity contribution in [2.75, 3.05) is 85.1 Å². The summed E-state index contributed by atoms with van der Waals surface area (Å²) in [6, 6.07) is 5.07. The summed E-state index contributed by atoms with van der Waals surface area (Å²) in [5.74, 6) is -3.23. The van der Waals surface area contributed by atoms with Gasteiger partial charge in [0.05, 0.1) is 19.6 Å². The molecule has 2 rings (SSSR count). The SMILES string of the molecule is O=C(O)CN1CCN(CCNC(=O)c2ccccn2)CCN(CC(=O)O)CCN(CC(=O)O)CC1. The third-order valence-corrected chi connectivity index (χ3v) is 5.62. The Morgan fingerprint density at radius 1 is 0.714 bits per heavy atom. The Kier molecular flexibility index (Phi) is 12.0. The molecule has 13 nitrogen and oxygen atoms in total. The first-order valence-corrected chi connectivity index (χ1v) is 11.5. The lowest BCUT2D eigenvalue weighted by Crippen LogP contribution is -2.49. The lowest BCUT2D eigenvalue weighted by atomic mass is 10.3. The van der Waals surface area contributed by atoms with Crippen LogP contribution in [-0.2, 0) is 14.4 Å². The third kappa shape index (κ3) is 11.7. The van der Waals surface area contributed by atoms with Gasteiger partial charge in [0, 0.05) is 71.6 Å². The minimum absolute atomic E-state index is 0.170. The second-order valence-electron chi connectivity index (χ2n) is 8.32. The minimum atomic E-state index is -0.995. The van der Waals surface area contributed by atoms with Gasteiger partial charge in [0.15, 0.2) is 0 Å². The Morgan fingerprint density at radius 2 is 1.14 bits per heavy atom. The lowest BCUT2D eigenvalue weighted by molar-refractivity contribution is -0.140. The first-order chi connectivity index (χ1) is 16.7. The van der Waals surface area contributed by atoms with Crippen molar-refractivity contribution < 1.29 is 34.5 Å². The van der Waals surface area contributed by atoms with Crippen LogP contribution in [0.4, 0.5) is 0 Å². The molecule has 1 aliphatic heterocycles. The summed E-state index contributed by atoms with van der Waals surface area (Å²) in [4.78, 5) is 57.5. The van der Waals surface area contributed by atoms with Gasteiger partial charge in [0.1, 0.15) is 5.69 Å². The number of pyridine rings is 1. The molecular formula is C22H34N6O7. The molecule has 0 aromatic carbocycles. The van der Waals surface area contributed by atoms with Gasteiger partial charge in [-0.15, -0.1) is 0 Å². The molecule has 1 aromatic rings. The van der Waals surface area contributed by atoms with E-state index in [0.717, 1.165) is 0 Å². The summed E-state index contributed by atoms with van der Waals surface area (Å²) >= 11 is 0. The molecule has 0 bridgehead atoms. The number of aromatic nitrogens is 1. The fourth-order valence-corrected chi connectivity index (χ4v) is 3.77. The molecule has 194 valence electrons. The smallest absolute Gasteiger partial charge is 0.317 e. The molecule has 13 heteroatoms. The number of aliphatic carboxylic acids is 3. The van der Waals surface area contributed by atoms with Crippen LogP contribution in [-0.4, -0.2) is 149 Å². The van der Waals surface area contributed by atoms with Crippen LogP contribution in [0, 0.1) is 0 Å². The number of hydrogen-bond donors (Lipinski definition) is 4. The van der Waals surface area contributed by atoms with Crippen LogP contribution >= 0.6 is 0 Å². The second kappa shape index (κ2) is 15.0. The van der Waals surface area contributed by atoms with E-state index < -0.39 is 17.9 Å². The average molecular weight is 495 g/mol. The van der Waals surface area contributed by atoms with E-state index in [1.165, 1.54) is 6.20 Å². The summed E-state index contributed by atoms with van der Waals surface area (Å²) in [6.07, 6.45) is 1.54. The van der Waals surface area contributed by atoms with Crippen LogP contribution in [0.15, 0.2) is 24.4 Å². The highest BCUT2D eigenvalue weighted by Crippen LogP contribution is 2.01. The van der Waals surface area contributed by atoms with Crippen molar-refractivity contribution in [3.8, 4) is 0 Å². The zero-order chi connectivity index (χ0) is 25.6. The average Bonchev–Trinajstić information content (AvgIpc) is 2.80. The summed E-state index contributed by atoms with van der Waals surface area (Å²) in [5, 5.41) is 30.6. The zero-order valence-electron chi connectivity index (χ0n) is 19.7. The van der Waals surface area contributed by atoms with Crippen molar-refractivity contribution >= 4 is 23.8 Å². The van der Waals surface area contributed by atoms with Crippen molar-refractivity contribution in [3.63, 3.8) is 0 Å². The van der Waals surface area contributed by atoms with Crippen molar-refractivity contribution in [2.24, 2.45) is 0 Å². The monoisotopic (exact) mass is 494 g/mol. The third-order valence-electron chi connectivity index (χ3n) is 5.62. The van der Waals surface area contributed by atoms with Crippen LogP contribution in [0.1, 0.15) is 10.5 Å².